The first-order chi connectivity index (χ1) is 7.29. The number of morpholine rings is 1. The first-order valence-electron chi connectivity index (χ1n) is 5.16. The van der Waals surface area contributed by atoms with E-state index in [0.717, 1.165) is 43.4 Å². The van der Waals surface area contributed by atoms with Crippen molar-refractivity contribution in [1.82, 2.24) is 4.98 Å². The molecular formula is C11H15ClN2O. The van der Waals surface area contributed by atoms with E-state index in [0.29, 0.717) is 5.88 Å². The zero-order valence-corrected chi connectivity index (χ0v) is 9.63. The smallest absolute Gasteiger partial charge is 0.129 e. The second-order valence-electron chi connectivity index (χ2n) is 3.71. The molecule has 0 radical (unpaired) electrons. The summed E-state index contributed by atoms with van der Waals surface area (Å²) in [6, 6.07) is 4.09. The molecule has 4 heteroatoms. The molecule has 82 valence electrons. The molecule has 0 aromatic carbocycles. The number of aryl methyl sites for hydroxylation is 1. The summed E-state index contributed by atoms with van der Waals surface area (Å²) >= 11 is 5.84. The number of aromatic nitrogens is 1. The van der Waals surface area contributed by atoms with Gasteiger partial charge in [0.25, 0.3) is 0 Å². The standard InChI is InChI=1S/C11H15ClN2O/c1-9-6-10(8-12)7-11(13-9)14-2-4-15-5-3-14/h6-7H,2-5,8H2,1H3. The Bertz CT molecular complexity index is 337. The third-order valence-electron chi connectivity index (χ3n) is 2.49. The molecule has 1 aliphatic rings. The predicted molar refractivity (Wildman–Crippen MR) is 61.6 cm³/mol. The lowest BCUT2D eigenvalue weighted by atomic mass is 10.2. The van der Waals surface area contributed by atoms with Gasteiger partial charge >= 0.3 is 0 Å². The Labute approximate surface area is 95.0 Å². The summed E-state index contributed by atoms with van der Waals surface area (Å²) < 4.78 is 5.31. The van der Waals surface area contributed by atoms with E-state index in [4.69, 9.17) is 16.3 Å². The van der Waals surface area contributed by atoms with Crippen LogP contribution in [0.3, 0.4) is 0 Å². The van der Waals surface area contributed by atoms with Crippen molar-refractivity contribution in [3.05, 3.63) is 23.4 Å². The van der Waals surface area contributed by atoms with Crippen LogP contribution in [-0.4, -0.2) is 31.3 Å². The highest BCUT2D eigenvalue weighted by atomic mass is 35.5. The molecule has 1 aliphatic heterocycles. The van der Waals surface area contributed by atoms with Gasteiger partial charge in [-0.2, -0.15) is 0 Å². The number of hydrogen-bond donors (Lipinski definition) is 0. The number of anilines is 1. The topological polar surface area (TPSA) is 25.4 Å². The highest BCUT2D eigenvalue weighted by Gasteiger charge is 2.13. The van der Waals surface area contributed by atoms with Gasteiger partial charge in [0.2, 0.25) is 0 Å². The van der Waals surface area contributed by atoms with Crippen molar-refractivity contribution in [1.29, 1.82) is 0 Å². The highest BCUT2D eigenvalue weighted by Crippen LogP contribution is 2.17. The summed E-state index contributed by atoms with van der Waals surface area (Å²) in [4.78, 5) is 6.76. The molecule has 3 nitrogen and oxygen atoms in total. The third-order valence-corrected chi connectivity index (χ3v) is 2.80. The number of rotatable bonds is 2. The van der Waals surface area contributed by atoms with Crippen LogP contribution >= 0.6 is 11.6 Å². The van der Waals surface area contributed by atoms with Gasteiger partial charge in [0.15, 0.2) is 0 Å². The quantitative estimate of drug-likeness (QED) is 0.721. The van der Waals surface area contributed by atoms with Gasteiger partial charge in [-0.05, 0) is 24.6 Å². The van der Waals surface area contributed by atoms with Gasteiger partial charge in [-0.3, -0.25) is 0 Å². The lowest BCUT2D eigenvalue weighted by Crippen LogP contribution is -2.36. The molecule has 0 unspecified atom stereocenters. The van der Waals surface area contributed by atoms with Crippen molar-refractivity contribution in [3.8, 4) is 0 Å². The van der Waals surface area contributed by atoms with E-state index in [-0.39, 0.29) is 0 Å². The molecule has 1 fully saturated rings. The van der Waals surface area contributed by atoms with Crippen LogP contribution < -0.4 is 4.90 Å². The van der Waals surface area contributed by atoms with E-state index in [2.05, 4.69) is 16.0 Å². The molecule has 0 bridgehead atoms. The average molecular weight is 227 g/mol. The van der Waals surface area contributed by atoms with Crippen LogP contribution in [0.15, 0.2) is 12.1 Å². The number of hydrogen-bond acceptors (Lipinski definition) is 3. The predicted octanol–water partition coefficient (Wildman–Crippen LogP) is 1.97. The van der Waals surface area contributed by atoms with Gasteiger partial charge in [0, 0.05) is 24.7 Å². The van der Waals surface area contributed by atoms with E-state index >= 15 is 0 Å². The molecule has 0 atom stereocenters. The minimum Gasteiger partial charge on any atom is -0.378 e. The Hall–Kier alpha value is -0.800. The van der Waals surface area contributed by atoms with Gasteiger partial charge < -0.3 is 9.64 Å². The monoisotopic (exact) mass is 226 g/mol. The Morgan fingerprint density at radius 3 is 2.80 bits per heavy atom. The fourth-order valence-corrected chi connectivity index (χ4v) is 1.91. The van der Waals surface area contributed by atoms with Crippen LogP contribution in [0, 0.1) is 6.92 Å². The van der Waals surface area contributed by atoms with Crippen molar-refractivity contribution in [2.75, 3.05) is 31.2 Å². The van der Waals surface area contributed by atoms with E-state index < -0.39 is 0 Å². The zero-order chi connectivity index (χ0) is 10.7. The van der Waals surface area contributed by atoms with Crippen molar-refractivity contribution < 1.29 is 4.74 Å². The molecule has 1 aromatic heterocycles. The number of ether oxygens (including phenoxy) is 1. The molecule has 0 N–H and O–H groups in total. The van der Waals surface area contributed by atoms with Crippen molar-refractivity contribution >= 4 is 17.4 Å². The van der Waals surface area contributed by atoms with Gasteiger partial charge in [0.1, 0.15) is 5.82 Å². The van der Waals surface area contributed by atoms with Crippen molar-refractivity contribution in [2.45, 2.75) is 12.8 Å². The van der Waals surface area contributed by atoms with Gasteiger partial charge in [-0.15, -0.1) is 11.6 Å². The van der Waals surface area contributed by atoms with E-state index in [1.165, 1.54) is 0 Å². The molecule has 0 spiro atoms. The van der Waals surface area contributed by atoms with Crippen LogP contribution in [-0.2, 0) is 10.6 Å². The van der Waals surface area contributed by atoms with Crippen LogP contribution in [0.25, 0.3) is 0 Å². The normalized spacial score (nSPS) is 16.8. The first kappa shape index (κ1) is 10.7. The Morgan fingerprint density at radius 2 is 2.13 bits per heavy atom. The summed E-state index contributed by atoms with van der Waals surface area (Å²) in [7, 11) is 0. The molecule has 1 aromatic rings. The molecular weight excluding hydrogens is 212 g/mol. The third kappa shape index (κ3) is 2.61. The van der Waals surface area contributed by atoms with Gasteiger partial charge in [0.05, 0.1) is 13.2 Å². The van der Waals surface area contributed by atoms with Crippen LogP contribution in [0.1, 0.15) is 11.3 Å². The van der Waals surface area contributed by atoms with Crippen LogP contribution in [0.4, 0.5) is 5.82 Å². The Balaban J connectivity index is 2.22. The number of pyridine rings is 1. The molecule has 2 rings (SSSR count). The second kappa shape index (κ2) is 4.81. The SMILES string of the molecule is Cc1cc(CCl)cc(N2CCOCC2)n1. The van der Waals surface area contributed by atoms with E-state index in [1.807, 2.05) is 13.0 Å². The summed E-state index contributed by atoms with van der Waals surface area (Å²) in [5.41, 5.74) is 2.15. The molecule has 0 aliphatic carbocycles. The summed E-state index contributed by atoms with van der Waals surface area (Å²) in [5.74, 6) is 1.56. The number of nitrogens with zero attached hydrogens (tertiary/aromatic N) is 2. The maximum absolute atomic E-state index is 5.84. The second-order valence-corrected chi connectivity index (χ2v) is 3.98. The lowest BCUT2D eigenvalue weighted by molar-refractivity contribution is 0.122. The van der Waals surface area contributed by atoms with E-state index in [1.54, 1.807) is 0 Å². The number of alkyl halides is 1. The summed E-state index contributed by atoms with van der Waals surface area (Å²) in [6.45, 7) is 5.40. The fraction of sp³-hybridized carbons (Fsp3) is 0.545. The minimum atomic E-state index is 0.542. The highest BCUT2D eigenvalue weighted by molar-refractivity contribution is 6.17. The molecule has 0 saturated carbocycles. The zero-order valence-electron chi connectivity index (χ0n) is 8.87. The molecule has 0 amide bonds. The number of halogens is 1. The maximum atomic E-state index is 5.84. The van der Waals surface area contributed by atoms with Crippen LogP contribution in [0.5, 0.6) is 0 Å². The summed E-state index contributed by atoms with van der Waals surface area (Å²) in [6.07, 6.45) is 0. The first-order valence-corrected chi connectivity index (χ1v) is 5.69. The lowest BCUT2D eigenvalue weighted by Gasteiger charge is -2.28. The van der Waals surface area contributed by atoms with Gasteiger partial charge in [-0.1, -0.05) is 0 Å². The van der Waals surface area contributed by atoms with E-state index in [9.17, 15) is 0 Å². The largest absolute Gasteiger partial charge is 0.378 e. The maximum Gasteiger partial charge on any atom is 0.129 e. The van der Waals surface area contributed by atoms with Crippen molar-refractivity contribution in [2.24, 2.45) is 0 Å². The Kier molecular flexibility index (Phi) is 3.44. The minimum absolute atomic E-state index is 0.542. The molecule has 15 heavy (non-hydrogen) atoms. The fourth-order valence-electron chi connectivity index (χ4n) is 1.75. The molecule has 1 saturated heterocycles. The average Bonchev–Trinajstić information content (AvgIpc) is 2.29. The van der Waals surface area contributed by atoms with Crippen molar-refractivity contribution in [3.63, 3.8) is 0 Å². The summed E-state index contributed by atoms with van der Waals surface area (Å²) in [5, 5.41) is 0. The van der Waals surface area contributed by atoms with Crippen LogP contribution in [0.2, 0.25) is 0 Å². The Morgan fingerprint density at radius 1 is 1.40 bits per heavy atom. The van der Waals surface area contributed by atoms with Gasteiger partial charge in [-0.25, -0.2) is 4.98 Å². The molecule has 2 heterocycles.